The number of anilines is 1. The summed E-state index contributed by atoms with van der Waals surface area (Å²) in [7, 11) is 0. The van der Waals surface area contributed by atoms with Crippen molar-refractivity contribution in [2.45, 2.75) is 12.5 Å². The van der Waals surface area contributed by atoms with Gasteiger partial charge in [-0.25, -0.2) is 0 Å². The molecule has 156 valence electrons. The lowest BCUT2D eigenvalue weighted by Gasteiger charge is -2.15. The van der Waals surface area contributed by atoms with E-state index in [1.54, 1.807) is 12.1 Å². The van der Waals surface area contributed by atoms with Gasteiger partial charge >= 0.3 is 18.2 Å². The van der Waals surface area contributed by atoms with E-state index in [2.05, 4.69) is 15.4 Å². The molecule has 0 unspecified atom stereocenters. The number of benzene rings is 3. The number of halogens is 3. The van der Waals surface area contributed by atoms with Gasteiger partial charge in [0.25, 0.3) is 0 Å². The second-order valence-electron chi connectivity index (χ2n) is 6.32. The molecule has 0 aliphatic rings. The summed E-state index contributed by atoms with van der Waals surface area (Å²) in [5, 5.41) is 16.8. The second-order valence-corrected chi connectivity index (χ2v) is 6.32. The van der Waals surface area contributed by atoms with Crippen LogP contribution in [0.5, 0.6) is 5.75 Å². The highest BCUT2D eigenvalue weighted by molar-refractivity contribution is 6.39. The van der Waals surface area contributed by atoms with Crippen LogP contribution >= 0.6 is 0 Å². The van der Waals surface area contributed by atoms with Crippen LogP contribution in [0.4, 0.5) is 18.9 Å². The average Bonchev–Trinajstić information content (AvgIpc) is 2.71. The number of hydrogen-bond donors (Lipinski definition) is 3. The Morgan fingerprint density at radius 1 is 0.933 bits per heavy atom. The van der Waals surface area contributed by atoms with Crippen molar-refractivity contribution in [1.29, 1.82) is 0 Å². The van der Waals surface area contributed by atoms with E-state index >= 15 is 0 Å². The number of rotatable bonds is 5. The highest BCUT2D eigenvalue weighted by Crippen LogP contribution is 2.25. The minimum Gasteiger partial charge on any atom is -0.406 e. The van der Waals surface area contributed by atoms with Crippen LogP contribution in [-0.4, -0.2) is 29.8 Å². The van der Waals surface area contributed by atoms with Gasteiger partial charge in [0.15, 0.2) is 0 Å². The van der Waals surface area contributed by atoms with Gasteiger partial charge in [-0.15, -0.1) is 13.2 Å². The zero-order valence-corrected chi connectivity index (χ0v) is 15.4. The second kappa shape index (κ2) is 8.83. The summed E-state index contributed by atoms with van der Waals surface area (Å²) in [6.07, 6.45) is -5.86. The van der Waals surface area contributed by atoms with Gasteiger partial charge in [0.05, 0.1) is 6.10 Å². The van der Waals surface area contributed by atoms with Gasteiger partial charge in [-0.3, -0.25) is 9.59 Å². The van der Waals surface area contributed by atoms with E-state index < -0.39 is 30.0 Å². The fourth-order valence-electron chi connectivity index (χ4n) is 2.85. The Labute approximate surface area is 169 Å². The number of carbonyl (C=O) groups is 2. The van der Waals surface area contributed by atoms with E-state index in [1.807, 2.05) is 30.3 Å². The fraction of sp³-hybridized carbons (Fsp3) is 0.143. The largest absolute Gasteiger partial charge is 0.573 e. The summed E-state index contributed by atoms with van der Waals surface area (Å²) in [5.41, 5.74) is 0.716. The Hall–Kier alpha value is -3.59. The summed E-state index contributed by atoms with van der Waals surface area (Å²) >= 11 is 0. The number of hydrogen-bond acceptors (Lipinski definition) is 4. The molecular formula is C21H17F3N2O4. The molecule has 3 aromatic rings. The molecule has 3 N–H and O–H groups in total. The Kier molecular flexibility index (Phi) is 6.22. The van der Waals surface area contributed by atoms with E-state index in [9.17, 15) is 27.9 Å². The van der Waals surface area contributed by atoms with Crippen molar-refractivity contribution < 1.29 is 32.6 Å². The lowest BCUT2D eigenvalue weighted by atomic mass is 10.0. The summed E-state index contributed by atoms with van der Waals surface area (Å²) in [6.45, 7) is -0.196. The van der Waals surface area contributed by atoms with Crippen molar-refractivity contribution in [2.75, 3.05) is 11.9 Å². The van der Waals surface area contributed by atoms with Crippen LogP contribution in [0.25, 0.3) is 10.8 Å². The van der Waals surface area contributed by atoms with Gasteiger partial charge in [0.2, 0.25) is 0 Å². The van der Waals surface area contributed by atoms with Crippen LogP contribution in [0, 0.1) is 0 Å². The molecule has 1 atom stereocenters. The van der Waals surface area contributed by atoms with Crippen LogP contribution in [-0.2, 0) is 9.59 Å². The molecule has 0 radical (unpaired) electrons. The zero-order chi connectivity index (χ0) is 21.7. The molecule has 9 heteroatoms. The molecule has 6 nitrogen and oxygen atoms in total. The molecular weight excluding hydrogens is 401 g/mol. The third-order valence-electron chi connectivity index (χ3n) is 4.19. The molecule has 0 spiro atoms. The molecule has 0 fully saturated rings. The maximum atomic E-state index is 12.2. The van der Waals surface area contributed by atoms with E-state index in [-0.39, 0.29) is 12.2 Å². The lowest BCUT2D eigenvalue weighted by molar-refractivity contribution is -0.274. The molecule has 0 saturated heterocycles. The molecule has 3 aromatic carbocycles. The maximum Gasteiger partial charge on any atom is 0.573 e. The number of ether oxygens (including phenoxy) is 1. The zero-order valence-electron chi connectivity index (χ0n) is 15.4. The van der Waals surface area contributed by atoms with Gasteiger partial charge in [-0.2, -0.15) is 0 Å². The number of nitrogens with one attached hydrogen (secondary N) is 2. The summed E-state index contributed by atoms with van der Waals surface area (Å²) in [6, 6.07) is 17.2. The van der Waals surface area contributed by atoms with Crippen molar-refractivity contribution in [3.63, 3.8) is 0 Å². The number of aliphatic hydroxyl groups excluding tert-OH is 1. The predicted molar refractivity (Wildman–Crippen MR) is 104 cm³/mol. The Balaban J connectivity index is 1.56. The number of alkyl halides is 3. The van der Waals surface area contributed by atoms with Crippen molar-refractivity contribution in [2.24, 2.45) is 0 Å². The third kappa shape index (κ3) is 5.48. The van der Waals surface area contributed by atoms with E-state index in [0.717, 1.165) is 35.0 Å². The van der Waals surface area contributed by atoms with Crippen molar-refractivity contribution >= 4 is 28.3 Å². The molecule has 0 aliphatic heterocycles. The summed E-state index contributed by atoms with van der Waals surface area (Å²) < 4.78 is 40.2. The standard InChI is InChI=1S/C21H17F3N2O4/c22-21(23,24)30-15-10-8-14(9-11-15)26-20(29)19(28)25-12-18(27)17-7-3-5-13-4-1-2-6-16(13)17/h1-11,18,27H,12H2,(H,25,28)(H,26,29)/t18-/m1/s1. The van der Waals surface area contributed by atoms with E-state index in [0.29, 0.717) is 5.56 Å². The first kappa shape index (κ1) is 21.1. The predicted octanol–water partition coefficient (Wildman–Crippen LogP) is 3.53. The van der Waals surface area contributed by atoms with Gasteiger partial charge in [-0.05, 0) is 40.6 Å². The van der Waals surface area contributed by atoms with Crippen LogP contribution in [0.3, 0.4) is 0 Å². The summed E-state index contributed by atoms with van der Waals surface area (Å²) in [5.74, 6) is -2.47. The molecule has 0 bridgehead atoms. The smallest absolute Gasteiger partial charge is 0.406 e. The normalized spacial score (nSPS) is 12.3. The first-order chi connectivity index (χ1) is 14.2. The first-order valence-corrected chi connectivity index (χ1v) is 8.83. The molecule has 3 rings (SSSR count). The van der Waals surface area contributed by atoms with Gasteiger partial charge < -0.3 is 20.5 Å². The number of carbonyl (C=O) groups excluding carboxylic acids is 2. The molecule has 0 aliphatic carbocycles. The summed E-state index contributed by atoms with van der Waals surface area (Å²) in [4.78, 5) is 24.0. The molecule has 0 saturated carbocycles. The van der Waals surface area contributed by atoms with E-state index in [1.165, 1.54) is 0 Å². The third-order valence-corrected chi connectivity index (χ3v) is 4.19. The van der Waals surface area contributed by atoms with Crippen molar-refractivity contribution in [3.05, 3.63) is 72.3 Å². The van der Waals surface area contributed by atoms with Crippen LogP contribution < -0.4 is 15.4 Å². The minimum atomic E-state index is -4.82. The number of aliphatic hydroxyl groups is 1. The molecule has 30 heavy (non-hydrogen) atoms. The van der Waals surface area contributed by atoms with Crippen molar-refractivity contribution in [1.82, 2.24) is 5.32 Å². The van der Waals surface area contributed by atoms with Crippen LogP contribution in [0.1, 0.15) is 11.7 Å². The lowest BCUT2D eigenvalue weighted by Crippen LogP contribution is -2.37. The monoisotopic (exact) mass is 418 g/mol. The number of amides is 2. The highest BCUT2D eigenvalue weighted by atomic mass is 19.4. The van der Waals surface area contributed by atoms with Crippen LogP contribution in [0.2, 0.25) is 0 Å². The van der Waals surface area contributed by atoms with Gasteiger partial charge in [0, 0.05) is 12.2 Å². The maximum absolute atomic E-state index is 12.2. The van der Waals surface area contributed by atoms with E-state index in [4.69, 9.17) is 0 Å². The molecule has 0 aromatic heterocycles. The quantitative estimate of drug-likeness (QED) is 0.554. The Morgan fingerprint density at radius 3 is 2.30 bits per heavy atom. The average molecular weight is 418 g/mol. The highest BCUT2D eigenvalue weighted by Gasteiger charge is 2.31. The number of fused-ring (bicyclic) bond motifs is 1. The molecule has 0 heterocycles. The van der Waals surface area contributed by atoms with Gasteiger partial charge in [-0.1, -0.05) is 42.5 Å². The Morgan fingerprint density at radius 2 is 1.60 bits per heavy atom. The Bertz CT molecular complexity index is 1050. The SMILES string of the molecule is O=C(NC[C@@H](O)c1cccc2ccccc12)C(=O)Nc1ccc(OC(F)(F)F)cc1. The topological polar surface area (TPSA) is 87.7 Å². The molecule has 2 amide bonds. The van der Waals surface area contributed by atoms with Crippen LogP contribution in [0.15, 0.2) is 66.7 Å². The van der Waals surface area contributed by atoms with Gasteiger partial charge in [0.1, 0.15) is 5.75 Å². The minimum absolute atomic E-state index is 0.110. The van der Waals surface area contributed by atoms with Crippen molar-refractivity contribution in [3.8, 4) is 5.75 Å². The first-order valence-electron chi connectivity index (χ1n) is 8.83. The fourth-order valence-corrected chi connectivity index (χ4v) is 2.85.